The van der Waals surface area contributed by atoms with Crippen molar-refractivity contribution in [3.63, 3.8) is 0 Å². The highest BCUT2D eigenvalue weighted by atomic mass is 32.1. The van der Waals surface area contributed by atoms with Crippen LogP contribution in [0.3, 0.4) is 0 Å². The Kier molecular flexibility index (Phi) is 7.69. The number of carbonyl (C=O) groups is 1. The second-order valence-corrected chi connectivity index (χ2v) is 4.41. The van der Waals surface area contributed by atoms with Crippen LogP contribution in [0.4, 0.5) is 0 Å². The molecular weight excluding hydrogens is 306 g/mol. The first kappa shape index (κ1) is 17.7. The third-order valence-electron chi connectivity index (χ3n) is 2.48. The van der Waals surface area contributed by atoms with E-state index >= 15 is 0 Å². The first-order valence-electron chi connectivity index (χ1n) is 6.55. The van der Waals surface area contributed by atoms with Crippen LogP contribution in [0.1, 0.15) is 12.5 Å². The summed E-state index contributed by atoms with van der Waals surface area (Å²) in [5.74, 6) is 0.470. The van der Waals surface area contributed by atoms with Gasteiger partial charge in [0.05, 0.1) is 20.4 Å². The third kappa shape index (κ3) is 5.96. The van der Waals surface area contributed by atoms with E-state index in [2.05, 4.69) is 20.6 Å². The van der Waals surface area contributed by atoms with Crippen LogP contribution in [0.25, 0.3) is 0 Å². The minimum atomic E-state index is -0.464. The lowest BCUT2D eigenvalue weighted by atomic mass is 10.2. The van der Waals surface area contributed by atoms with Crippen molar-refractivity contribution >= 4 is 29.5 Å². The number of esters is 1. The maximum atomic E-state index is 11.1. The van der Waals surface area contributed by atoms with Gasteiger partial charge in [-0.3, -0.25) is 5.43 Å². The summed E-state index contributed by atoms with van der Waals surface area (Å²) in [6.45, 7) is 2.48. The van der Waals surface area contributed by atoms with Gasteiger partial charge in [0.1, 0.15) is 0 Å². The minimum absolute atomic E-state index is 0.182. The van der Waals surface area contributed by atoms with Gasteiger partial charge < -0.3 is 19.5 Å². The van der Waals surface area contributed by atoms with Gasteiger partial charge in [-0.05, 0) is 42.9 Å². The van der Waals surface area contributed by atoms with Gasteiger partial charge in [0, 0.05) is 6.54 Å². The molecule has 0 unspecified atom stereocenters. The van der Waals surface area contributed by atoms with Crippen molar-refractivity contribution in [2.24, 2.45) is 5.10 Å². The average Bonchev–Trinajstić information content (AvgIpc) is 2.53. The number of nitrogens with one attached hydrogen (secondary N) is 2. The molecule has 0 heterocycles. The zero-order valence-electron chi connectivity index (χ0n) is 12.7. The van der Waals surface area contributed by atoms with Crippen LogP contribution < -0.4 is 20.2 Å². The van der Waals surface area contributed by atoms with Gasteiger partial charge in [0.15, 0.2) is 23.2 Å². The van der Waals surface area contributed by atoms with Crippen molar-refractivity contribution in [3.05, 3.63) is 23.8 Å². The van der Waals surface area contributed by atoms with Crippen LogP contribution in [0.15, 0.2) is 23.3 Å². The monoisotopic (exact) mass is 325 g/mol. The molecule has 8 heteroatoms. The van der Waals surface area contributed by atoms with Gasteiger partial charge >= 0.3 is 5.97 Å². The molecule has 120 valence electrons. The third-order valence-corrected chi connectivity index (χ3v) is 2.71. The van der Waals surface area contributed by atoms with Crippen molar-refractivity contribution in [1.29, 1.82) is 0 Å². The maximum Gasteiger partial charge on any atom is 0.343 e. The number of methoxy groups -OCH3 is 2. The molecule has 0 saturated carbocycles. The highest BCUT2D eigenvalue weighted by Gasteiger charge is 2.08. The number of ether oxygens (including phenoxy) is 3. The number of hydrazone groups is 1. The van der Waals surface area contributed by atoms with Crippen molar-refractivity contribution in [1.82, 2.24) is 10.7 Å². The van der Waals surface area contributed by atoms with Gasteiger partial charge in [-0.15, -0.1) is 0 Å². The molecule has 0 spiro atoms. The molecule has 1 aromatic carbocycles. The number of nitrogens with zero attached hydrogens (tertiary/aromatic N) is 1. The molecule has 0 bridgehead atoms. The lowest BCUT2D eigenvalue weighted by Crippen LogP contribution is -2.31. The Morgan fingerprint density at radius 2 is 2.14 bits per heavy atom. The topological polar surface area (TPSA) is 81.2 Å². The molecule has 0 aliphatic rings. The highest BCUT2D eigenvalue weighted by Crippen LogP contribution is 2.27. The SMILES string of the molecule is CCNC(=S)NN=Cc1ccc(OCC(=O)OC)c(OC)c1. The van der Waals surface area contributed by atoms with Crippen LogP contribution in [0.5, 0.6) is 11.5 Å². The summed E-state index contributed by atoms with van der Waals surface area (Å²) in [7, 11) is 2.81. The van der Waals surface area contributed by atoms with Gasteiger partial charge in [-0.1, -0.05) is 0 Å². The first-order chi connectivity index (χ1) is 10.6. The quantitative estimate of drug-likeness (QED) is 0.336. The number of hydrogen-bond donors (Lipinski definition) is 2. The van der Waals surface area contributed by atoms with Crippen LogP contribution in [0, 0.1) is 0 Å². The smallest absolute Gasteiger partial charge is 0.343 e. The molecule has 1 aromatic rings. The van der Waals surface area contributed by atoms with Crippen molar-refractivity contribution in [2.75, 3.05) is 27.4 Å². The normalized spacial score (nSPS) is 10.1. The van der Waals surface area contributed by atoms with E-state index in [1.165, 1.54) is 14.2 Å². The zero-order valence-corrected chi connectivity index (χ0v) is 13.5. The fourth-order valence-corrected chi connectivity index (χ4v) is 1.64. The molecule has 0 fully saturated rings. The van der Waals surface area contributed by atoms with Crippen LogP contribution in [-0.4, -0.2) is 44.7 Å². The van der Waals surface area contributed by atoms with Crippen molar-refractivity contribution in [3.8, 4) is 11.5 Å². The predicted molar refractivity (Wildman–Crippen MR) is 87.5 cm³/mol. The molecule has 7 nitrogen and oxygen atoms in total. The van der Waals surface area contributed by atoms with E-state index < -0.39 is 5.97 Å². The average molecular weight is 325 g/mol. The Hall–Kier alpha value is -2.35. The molecule has 1 rings (SSSR count). The molecule has 2 N–H and O–H groups in total. The predicted octanol–water partition coefficient (Wildman–Crippen LogP) is 1.06. The summed E-state index contributed by atoms with van der Waals surface area (Å²) in [6.07, 6.45) is 1.59. The number of benzene rings is 1. The fourth-order valence-electron chi connectivity index (χ4n) is 1.44. The molecule has 0 saturated heterocycles. The van der Waals surface area contributed by atoms with Crippen molar-refractivity contribution < 1.29 is 19.0 Å². The van der Waals surface area contributed by atoms with Gasteiger partial charge in [0.2, 0.25) is 0 Å². The second kappa shape index (κ2) is 9.56. The molecule has 0 aliphatic heterocycles. The summed E-state index contributed by atoms with van der Waals surface area (Å²) in [6, 6.07) is 5.19. The van der Waals surface area contributed by atoms with Gasteiger partial charge in [-0.2, -0.15) is 5.10 Å². The summed E-state index contributed by atoms with van der Waals surface area (Å²) in [4.78, 5) is 11.1. The number of rotatable bonds is 7. The van der Waals surface area contributed by atoms with E-state index in [1.54, 1.807) is 24.4 Å². The lowest BCUT2D eigenvalue weighted by molar-refractivity contribution is -0.142. The van der Waals surface area contributed by atoms with Crippen LogP contribution >= 0.6 is 12.2 Å². The van der Waals surface area contributed by atoms with E-state index in [-0.39, 0.29) is 6.61 Å². The standard InChI is InChI=1S/C14H19N3O4S/c1-4-15-14(22)17-16-8-10-5-6-11(12(7-10)19-2)21-9-13(18)20-3/h5-8H,4,9H2,1-3H3,(H2,15,17,22). The van der Waals surface area contributed by atoms with Gasteiger partial charge in [0.25, 0.3) is 0 Å². The molecule has 0 radical (unpaired) electrons. The summed E-state index contributed by atoms with van der Waals surface area (Å²) < 4.78 is 15.1. The Morgan fingerprint density at radius 1 is 1.36 bits per heavy atom. The lowest BCUT2D eigenvalue weighted by Gasteiger charge is -2.10. The minimum Gasteiger partial charge on any atom is -0.493 e. The van der Waals surface area contributed by atoms with E-state index in [0.717, 1.165) is 12.1 Å². The number of thiocarbonyl (C=S) groups is 1. The summed E-state index contributed by atoms with van der Waals surface area (Å²) in [5, 5.41) is 7.37. The summed E-state index contributed by atoms with van der Waals surface area (Å²) >= 11 is 4.98. The second-order valence-electron chi connectivity index (χ2n) is 4.00. The highest BCUT2D eigenvalue weighted by molar-refractivity contribution is 7.80. The van der Waals surface area contributed by atoms with E-state index in [0.29, 0.717) is 16.6 Å². The summed E-state index contributed by atoms with van der Waals surface area (Å²) in [5.41, 5.74) is 3.47. The first-order valence-corrected chi connectivity index (χ1v) is 6.96. The zero-order chi connectivity index (χ0) is 16.4. The Labute approximate surface area is 134 Å². The van der Waals surface area contributed by atoms with Crippen LogP contribution in [0.2, 0.25) is 0 Å². The molecule has 0 aliphatic carbocycles. The van der Waals surface area contributed by atoms with E-state index in [9.17, 15) is 4.79 Å². The fraction of sp³-hybridized carbons (Fsp3) is 0.357. The molecule has 22 heavy (non-hydrogen) atoms. The Bertz CT molecular complexity index is 549. The Balaban J connectivity index is 2.69. The number of hydrogen-bond acceptors (Lipinski definition) is 6. The molecule has 0 atom stereocenters. The number of carbonyl (C=O) groups excluding carboxylic acids is 1. The molecule has 0 amide bonds. The van der Waals surface area contributed by atoms with Gasteiger partial charge in [-0.25, -0.2) is 4.79 Å². The largest absolute Gasteiger partial charge is 0.493 e. The Morgan fingerprint density at radius 3 is 2.77 bits per heavy atom. The van der Waals surface area contributed by atoms with E-state index in [1.807, 2.05) is 6.92 Å². The maximum absolute atomic E-state index is 11.1. The molecule has 0 aromatic heterocycles. The van der Waals surface area contributed by atoms with Crippen molar-refractivity contribution in [2.45, 2.75) is 6.92 Å². The van der Waals surface area contributed by atoms with E-state index in [4.69, 9.17) is 21.7 Å². The molecular formula is C14H19N3O4S. The van der Waals surface area contributed by atoms with Crippen LogP contribution in [-0.2, 0) is 9.53 Å².